The Balaban J connectivity index is 1.23. The summed E-state index contributed by atoms with van der Waals surface area (Å²) in [6, 6.07) is 32.4. The number of carboxylic acid groups (broad SMARTS) is 1. The number of rotatable bonds is 9. The van der Waals surface area contributed by atoms with Gasteiger partial charge in [0.05, 0.1) is 11.3 Å². The van der Waals surface area contributed by atoms with Crippen molar-refractivity contribution in [1.82, 2.24) is 4.98 Å². The average molecular weight is 634 g/mol. The summed E-state index contributed by atoms with van der Waals surface area (Å²) in [7, 11) is 0. The smallest absolute Gasteiger partial charge is 0.336 e. The monoisotopic (exact) mass is 633 g/mol. The lowest BCUT2D eigenvalue weighted by molar-refractivity contribution is -0.115. The first-order valence-electron chi connectivity index (χ1n) is 13.8. The summed E-state index contributed by atoms with van der Waals surface area (Å²) in [6.07, 6.45) is 0. The number of thioether (sulfide) groups is 1. The Morgan fingerprint density at radius 3 is 2.24 bits per heavy atom. The molecule has 0 radical (unpaired) electrons. The van der Waals surface area contributed by atoms with Crippen LogP contribution in [0.5, 0.6) is 0 Å². The van der Waals surface area contributed by atoms with Crippen LogP contribution in [-0.4, -0.2) is 27.9 Å². The van der Waals surface area contributed by atoms with Crippen LogP contribution in [0.15, 0.2) is 126 Å². The van der Waals surface area contributed by atoms with Gasteiger partial charge in [-0.15, -0.1) is 23.1 Å². The van der Waals surface area contributed by atoms with Crippen LogP contribution in [0.25, 0.3) is 22.0 Å². The third kappa shape index (κ3) is 6.77. The summed E-state index contributed by atoms with van der Waals surface area (Å²) in [5.74, 6) is -2.18. The highest BCUT2D eigenvalue weighted by Crippen LogP contribution is 2.38. The van der Waals surface area contributed by atoms with Gasteiger partial charge < -0.3 is 15.7 Å². The van der Waals surface area contributed by atoms with Crippen molar-refractivity contribution in [2.75, 3.05) is 10.6 Å². The summed E-state index contributed by atoms with van der Waals surface area (Å²) in [6.45, 7) is 0. The zero-order valence-electron chi connectivity index (χ0n) is 23.4. The average Bonchev–Trinajstić information content (AvgIpc) is 3.52. The number of aromatic carboxylic acids is 1. The number of hydrogen-bond donors (Lipinski definition) is 3. The minimum atomic E-state index is -1.12. The van der Waals surface area contributed by atoms with Gasteiger partial charge in [0.25, 0.3) is 5.91 Å². The number of benzene rings is 5. The second kappa shape index (κ2) is 13.1. The molecule has 0 aliphatic carbocycles. The summed E-state index contributed by atoms with van der Waals surface area (Å²) in [5.41, 5.74) is 2.93. The molecule has 0 aliphatic heterocycles. The predicted octanol–water partition coefficient (Wildman–Crippen LogP) is 8.53. The number of fused-ring (bicyclic) bond motifs is 1. The van der Waals surface area contributed by atoms with Gasteiger partial charge in [-0.2, -0.15) is 0 Å². The molecule has 0 aliphatic rings. The van der Waals surface area contributed by atoms with Crippen molar-refractivity contribution in [3.63, 3.8) is 0 Å². The molecule has 5 aromatic carbocycles. The van der Waals surface area contributed by atoms with E-state index in [9.17, 15) is 23.9 Å². The van der Waals surface area contributed by atoms with Crippen LogP contribution in [0.4, 0.5) is 15.2 Å². The molecule has 0 fully saturated rings. The summed E-state index contributed by atoms with van der Waals surface area (Å²) in [4.78, 5) is 44.1. The molecule has 3 N–H and O–H groups in total. The number of amides is 2. The molecule has 0 saturated carbocycles. The number of thiazole rings is 1. The minimum Gasteiger partial charge on any atom is -0.478 e. The number of carbonyl (C=O) groups excluding carboxylic acids is 2. The van der Waals surface area contributed by atoms with Crippen molar-refractivity contribution in [1.29, 1.82) is 0 Å². The quantitative estimate of drug-likeness (QED) is 0.138. The Morgan fingerprint density at radius 1 is 0.800 bits per heavy atom. The topological polar surface area (TPSA) is 108 Å². The molecule has 1 atom stereocenters. The van der Waals surface area contributed by atoms with E-state index < -0.39 is 17.1 Å². The molecule has 6 rings (SSSR count). The number of hydrogen-bond acceptors (Lipinski definition) is 6. The molecule has 1 aromatic heterocycles. The number of nitrogens with one attached hydrogen (secondary N) is 2. The zero-order chi connectivity index (χ0) is 31.3. The number of carbonyl (C=O) groups is 3. The number of anilines is 2. The molecular formula is C35H24FN3O4S2. The van der Waals surface area contributed by atoms with Crippen LogP contribution < -0.4 is 10.6 Å². The van der Waals surface area contributed by atoms with Crippen molar-refractivity contribution < 1.29 is 23.9 Å². The van der Waals surface area contributed by atoms with Gasteiger partial charge in [-0.3, -0.25) is 9.59 Å². The number of halogens is 1. The lowest BCUT2D eigenvalue weighted by Crippen LogP contribution is -2.19. The molecule has 10 heteroatoms. The maximum absolute atomic E-state index is 13.6. The number of carboxylic acids is 1. The maximum atomic E-state index is 13.6. The molecule has 6 aromatic rings. The molecule has 7 nitrogen and oxygen atoms in total. The lowest BCUT2D eigenvalue weighted by Gasteiger charge is -2.17. The fraction of sp³-hybridized carbons (Fsp3) is 0.0286. The van der Waals surface area contributed by atoms with Crippen LogP contribution in [-0.2, 0) is 4.79 Å². The van der Waals surface area contributed by atoms with Gasteiger partial charge in [-0.25, -0.2) is 14.2 Å². The molecule has 45 heavy (non-hydrogen) atoms. The largest absolute Gasteiger partial charge is 0.478 e. The second-order valence-electron chi connectivity index (χ2n) is 9.94. The maximum Gasteiger partial charge on any atom is 0.336 e. The van der Waals surface area contributed by atoms with Crippen molar-refractivity contribution in [3.8, 4) is 11.3 Å². The Bertz CT molecular complexity index is 2030. The third-order valence-corrected chi connectivity index (χ3v) is 8.95. The molecule has 2 amide bonds. The molecule has 0 saturated heterocycles. The molecule has 1 unspecified atom stereocenters. The second-order valence-corrected chi connectivity index (χ2v) is 12.0. The Kier molecular flexibility index (Phi) is 8.68. The van der Waals surface area contributed by atoms with Crippen molar-refractivity contribution in [2.45, 2.75) is 10.1 Å². The molecule has 1 heterocycles. The summed E-state index contributed by atoms with van der Waals surface area (Å²) >= 11 is 2.59. The van der Waals surface area contributed by atoms with E-state index in [1.54, 1.807) is 66.0 Å². The fourth-order valence-corrected chi connectivity index (χ4v) is 6.65. The normalized spacial score (nSPS) is 11.6. The van der Waals surface area contributed by atoms with Gasteiger partial charge in [0.1, 0.15) is 11.1 Å². The van der Waals surface area contributed by atoms with Gasteiger partial charge in [0, 0.05) is 32.5 Å². The Hall–Kier alpha value is -5.32. The zero-order valence-corrected chi connectivity index (χ0v) is 25.1. The van der Waals surface area contributed by atoms with Crippen LogP contribution in [0.2, 0.25) is 0 Å². The van der Waals surface area contributed by atoms with E-state index >= 15 is 0 Å². The highest BCUT2D eigenvalue weighted by Gasteiger charge is 2.24. The van der Waals surface area contributed by atoms with E-state index in [2.05, 4.69) is 15.6 Å². The van der Waals surface area contributed by atoms with Gasteiger partial charge in [-0.05, 0) is 65.5 Å². The first-order valence-corrected chi connectivity index (χ1v) is 15.5. The highest BCUT2D eigenvalue weighted by atomic mass is 32.2. The molecular weight excluding hydrogens is 610 g/mol. The Morgan fingerprint density at radius 2 is 1.51 bits per heavy atom. The van der Waals surface area contributed by atoms with Crippen molar-refractivity contribution >= 4 is 62.5 Å². The number of aromatic nitrogens is 1. The van der Waals surface area contributed by atoms with E-state index in [4.69, 9.17) is 0 Å². The standard InChI is InChI=1S/C35H24FN3O4S2/c36-24-17-15-21(16-18-24)29-20-44-35(38-29)39-33(41)31(23-7-2-1-3-8-23)45-26-12-6-11-25(19-26)37-32(40)27-13-4-9-22-10-5-14-28(30(22)27)34(42)43/h1-20,31H,(H,37,40)(H,42,43)(H,38,39,41). The van der Waals surface area contributed by atoms with Crippen LogP contribution in [0, 0.1) is 5.82 Å². The van der Waals surface area contributed by atoms with E-state index in [0.29, 0.717) is 27.3 Å². The first kappa shape index (κ1) is 29.7. The Labute approximate surface area is 265 Å². The third-order valence-electron chi connectivity index (χ3n) is 6.94. The lowest BCUT2D eigenvalue weighted by atomic mass is 9.98. The van der Waals surface area contributed by atoms with Gasteiger partial charge in [-0.1, -0.05) is 60.7 Å². The van der Waals surface area contributed by atoms with E-state index in [-0.39, 0.29) is 22.9 Å². The van der Waals surface area contributed by atoms with Crippen molar-refractivity contribution in [2.24, 2.45) is 0 Å². The van der Waals surface area contributed by atoms with Crippen molar-refractivity contribution in [3.05, 3.63) is 143 Å². The van der Waals surface area contributed by atoms with Gasteiger partial charge in [0.2, 0.25) is 5.91 Å². The van der Waals surface area contributed by atoms with Crippen LogP contribution >= 0.6 is 23.1 Å². The minimum absolute atomic E-state index is 0.0456. The SMILES string of the molecule is O=C(O)c1cccc2cccc(C(=O)Nc3cccc(SC(C(=O)Nc4nc(-c5ccc(F)cc5)cs4)c4ccccc4)c3)c12. The van der Waals surface area contributed by atoms with Crippen LogP contribution in [0.1, 0.15) is 31.5 Å². The van der Waals surface area contributed by atoms with Gasteiger partial charge in [0.15, 0.2) is 5.13 Å². The number of nitrogens with zero attached hydrogens (tertiary/aromatic N) is 1. The highest BCUT2D eigenvalue weighted by molar-refractivity contribution is 8.00. The predicted molar refractivity (Wildman–Crippen MR) is 176 cm³/mol. The molecule has 0 spiro atoms. The van der Waals surface area contributed by atoms with Crippen LogP contribution in [0.3, 0.4) is 0 Å². The fourth-order valence-electron chi connectivity index (χ4n) is 4.85. The van der Waals surface area contributed by atoms with E-state index in [1.165, 1.54) is 41.3 Å². The van der Waals surface area contributed by atoms with E-state index in [1.807, 2.05) is 36.4 Å². The van der Waals surface area contributed by atoms with E-state index in [0.717, 1.165) is 16.0 Å². The molecule has 0 bridgehead atoms. The van der Waals surface area contributed by atoms with Gasteiger partial charge >= 0.3 is 5.97 Å². The summed E-state index contributed by atoms with van der Waals surface area (Å²) in [5, 5.41) is 18.1. The first-order chi connectivity index (χ1) is 21.9. The molecule has 222 valence electrons. The summed E-state index contributed by atoms with van der Waals surface area (Å²) < 4.78 is 13.4.